The fourth-order valence-corrected chi connectivity index (χ4v) is 3.68. The van der Waals surface area contributed by atoms with Crippen LogP contribution in [0.1, 0.15) is 37.0 Å². The van der Waals surface area contributed by atoms with E-state index in [1.54, 1.807) is 0 Å². The minimum absolute atomic E-state index is 0.335. The Hall–Kier alpha value is -2.13. The maximum absolute atomic E-state index is 10.5. The van der Waals surface area contributed by atoms with Gasteiger partial charge in [-0.2, -0.15) is 0 Å². The van der Waals surface area contributed by atoms with Gasteiger partial charge in [0, 0.05) is 17.6 Å². The molecule has 0 radical (unpaired) electrons. The highest BCUT2D eigenvalue weighted by Crippen LogP contribution is 2.21. The van der Waals surface area contributed by atoms with Crippen LogP contribution >= 0.6 is 11.6 Å². The summed E-state index contributed by atoms with van der Waals surface area (Å²) in [7, 11) is 0. The predicted octanol–water partition coefficient (Wildman–Crippen LogP) is 6.04. The van der Waals surface area contributed by atoms with Crippen LogP contribution < -0.4 is 5.32 Å². The van der Waals surface area contributed by atoms with Gasteiger partial charge in [-0.1, -0.05) is 91.7 Å². The summed E-state index contributed by atoms with van der Waals surface area (Å²) in [4.78, 5) is 0. The molecule has 3 heteroatoms. The number of benzene rings is 3. The molecule has 2 nitrogen and oxygen atoms in total. The number of aliphatic hydroxyl groups excluding tert-OH is 1. The van der Waals surface area contributed by atoms with Gasteiger partial charge in [-0.25, -0.2) is 0 Å². The predicted molar refractivity (Wildman–Crippen MR) is 119 cm³/mol. The highest BCUT2D eigenvalue weighted by molar-refractivity contribution is 6.30. The zero-order valence-electron chi connectivity index (χ0n) is 16.3. The Morgan fingerprint density at radius 1 is 0.893 bits per heavy atom. The lowest BCUT2D eigenvalue weighted by atomic mass is 9.98. The van der Waals surface area contributed by atoms with Gasteiger partial charge >= 0.3 is 0 Å². The molecule has 0 aliphatic rings. The molecule has 0 aliphatic carbocycles. The number of hydrogen-bond donors (Lipinski definition) is 2. The Labute approximate surface area is 173 Å². The van der Waals surface area contributed by atoms with E-state index in [0.717, 1.165) is 24.8 Å². The first-order valence-corrected chi connectivity index (χ1v) is 10.3. The Balaban J connectivity index is 1.59. The molecule has 0 saturated carbocycles. The first-order chi connectivity index (χ1) is 13.7. The molecular formula is C25H28ClNO. The second kappa shape index (κ2) is 10.4. The molecule has 0 heterocycles. The highest BCUT2D eigenvalue weighted by atomic mass is 35.5. The van der Waals surface area contributed by atoms with Gasteiger partial charge in [0.05, 0.1) is 6.10 Å². The first kappa shape index (κ1) is 20.6. The lowest BCUT2D eigenvalue weighted by molar-refractivity contribution is 0.168. The van der Waals surface area contributed by atoms with E-state index in [4.69, 9.17) is 11.6 Å². The maximum atomic E-state index is 10.5. The number of hydrogen-bond acceptors (Lipinski definition) is 2. The fraction of sp³-hybridized carbons (Fsp3) is 0.280. The minimum Gasteiger partial charge on any atom is -0.387 e. The summed E-state index contributed by atoms with van der Waals surface area (Å²) in [5.41, 5.74) is 4.63. The van der Waals surface area contributed by atoms with E-state index < -0.39 is 6.10 Å². The van der Waals surface area contributed by atoms with E-state index in [2.05, 4.69) is 60.8 Å². The summed E-state index contributed by atoms with van der Waals surface area (Å²) in [5, 5.41) is 14.7. The fourth-order valence-electron chi connectivity index (χ4n) is 3.48. The largest absolute Gasteiger partial charge is 0.387 e. The van der Waals surface area contributed by atoms with Gasteiger partial charge in [-0.3, -0.25) is 0 Å². The molecule has 28 heavy (non-hydrogen) atoms. The van der Waals surface area contributed by atoms with E-state index in [9.17, 15) is 5.11 Å². The molecule has 0 fully saturated rings. The molecule has 0 spiro atoms. The number of nitrogens with one attached hydrogen (secondary N) is 1. The molecule has 0 amide bonds. The third-order valence-corrected chi connectivity index (χ3v) is 5.25. The van der Waals surface area contributed by atoms with Crippen molar-refractivity contribution >= 4 is 11.6 Å². The van der Waals surface area contributed by atoms with Crippen LogP contribution in [0.15, 0.2) is 78.9 Å². The Morgan fingerprint density at radius 2 is 1.61 bits per heavy atom. The van der Waals surface area contributed by atoms with Gasteiger partial charge < -0.3 is 10.4 Å². The van der Waals surface area contributed by atoms with Crippen molar-refractivity contribution in [3.05, 3.63) is 95.0 Å². The molecular weight excluding hydrogens is 366 g/mol. The van der Waals surface area contributed by atoms with Crippen molar-refractivity contribution in [2.45, 2.75) is 38.3 Å². The number of rotatable bonds is 9. The van der Waals surface area contributed by atoms with Gasteiger partial charge in [0.15, 0.2) is 0 Å². The second-order valence-electron chi connectivity index (χ2n) is 7.23. The summed E-state index contributed by atoms with van der Waals surface area (Å²) in [6, 6.07) is 27.0. The standard InChI is InChI=1S/C25H28ClNO/c1-2-7-24(27-18-25(28)22-10-6-11-23(26)17-22)16-19-12-14-21(15-13-19)20-8-4-3-5-9-20/h3-6,8-15,17,24-25,27-28H,2,7,16,18H2,1H3. The summed E-state index contributed by atoms with van der Waals surface area (Å²) in [5.74, 6) is 0. The van der Waals surface area contributed by atoms with Gasteiger partial charge in [-0.15, -0.1) is 0 Å². The van der Waals surface area contributed by atoms with E-state index in [1.165, 1.54) is 16.7 Å². The van der Waals surface area contributed by atoms with E-state index in [-0.39, 0.29) is 0 Å². The van der Waals surface area contributed by atoms with Crippen molar-refractivity contribution in [2.75, 3.05) is 6.54 Å². The van der Waals surface area contributed by atoms with E-state index >= 15 is 0 Å². The lowest BCUT2D eigenvalue weighted by Gasteiger charge is -2.21. The maximum Gasteiger partial charge on any atom is 0.0914 e. The third kappa shape index (κ3) is 5.93. The van der Waals surface area contributed by atoms with Crippen LogP contribution in [0.4, 0.5) is 0 Å². The van der Waals surface area contributed by atoms with Crippen LogP contribution in [0.25, 0.3) is 11.1 Å². The highest BCUT2D eigenvalue weighted by Gasteiger charge is 2.13. The topological polar surface area (TPSA) is 32.3 Å². The van der Waals surface area contributed by atoms with Crippen LogP contribution in [-0.4, -0.2) is 17.7 Å². The molecule has 0 saturated heterocycles. The first-order valence-electron chi connectivity index (χ1n) is 9.97. The average molecular weight is 394 g/mol. The van der Waals surface area contributed by atoms with E-state index in [1.807, 2.05) is 30.3 Å². The van der Waals surface area contributed by atoms with Crippen LogP contribution in [0.3, 0.4) is 0 Å². The van der Waals surface area contributed by atoms with Crippen LogP contribution in [0.5, 0.6) is 0 Å². The molecule has 0 aliphatic heterocycles. The van der Waals surface area contributed by atoms with Crippen LogP contribution in [0.2, 0.25) is 5.02 Å². The van der Waals surface area contributed by atoms with Crippen LogP contribution in [-0.2, 0) is 6.42 Å². The smallest absolute Gasteiger partial charge is 0.0914 e. The zero-order chi connectivity index (χ0) is 19.8. The van der Waals surface area contributed by atoms with Gasteiger partial charge in [-0.05, 0) is 47.2 Å². The molecule has 146 valence electrons. The second-order valence-corrected chi connectivity index (χ2v) is 7.67. The summed E-state index contributed by atoms with van der Waals surface area (Å²) >= 11 is 6.03. The quantitative estimate of drug-likeness (QED) is 0.464. The van der Waals surface area contributed by atoms with Crippen molar-refractivity contribution in [2.24, 2.45) is 0 Å². The lowest BCUT2D eigenvalue weighted by Crippen LogP contribution is -2.34. The molecule has 2 atom stereocenters. The average Bonchev–Trinajstić information content (AvgIpc) is 2.73. The molecule has 3 rings (SSSR count). The monoisotopic (exact) mass is 393 g/mol. The Kier molecular flexibility index (Phi) is 7.67. The van der Waals surface area contributed by atoms with E-state index in [0.29, 0.717) is 17.6 Å². The Bertz CT molecular complexity index is 848. The van der Waals surface area contributed by atoms with Crippen molar-refractivity contribution in [1.29, 1.82) is 0 Å². The number of aliphatic hydroxyl groups is 1. The van der Waals surface area contributed by atoms with Gasteiger partial charge in [0.1, 0.15) is 0 Å². The van der Waals surface area contributed by atoms with Crippen molar-refractivity contribution in [3.63, 3.8) is 0 Å². The molecule has 0 aromatic heterocycles. The summed E-state index contributed by atoms with van der Waals surface area (Å²) < 4.78 is 0. The van der Waals surface area contributed by atoms with Crippen molar-refractivity contribution in [3.8, 4) is 11.1 Å². The van der Waals surface area contributed by atoms with Gasteiger partial charge in [0.2, 0.25) is 0 Å². The Morgan fingerprint density at radius 3 is 2.29 bits per heavy atom. The summed E-state index contributed by atoms with van der Waals surface area (Å²) in [6.07, 6.45) is 2.57. The molecule has 0 bridgehead atoms. The molecule has 2 N–H and O–H groups in total. The van der Waals surface area contributed by atoms with Crippen molar-refractivity contribution in [1.82, 2.24) is 5.32 Å². The van der Waals surface area contributed by atoms with Crippen LogP contribution in [0, 0.1) is 0 Å². The third-order valence-electron chi connectivity index (χ3n) is 5.01. The molecule has 3 aromatic rings. The zero-order valence-corrected chi connectivity index (χ0v) is 17.1. The minimum atomic E-state index is -0.557. The number of halogens is 1. The van der Waals surface area contributed by atoms with Gasteiger partial charge in [0.25, 0.3) is 0 Å². The normalized spacial score (nSPS) is 13.2. The van der Waals surface area contributed by atoms with Crippen molar-refractivity contribution < 1.29 is 5.11 Å². The SMILES string of the molecule is CCCC(Cc1ccc(-c2ccccc2)cc1)NCC(O)c1cccc(Cl)c1. The summed E-state index contributed by atoms with van der Waals surface area (Å²) in [6.45, 7) is 2.72. The molecule has 3 aromatic carbocycles. The molecule has 2 unspecified atom stereocenters.